The average molecular weight is 392 g/mol. The van der Waals surface area contributed by atoms with Gasteiger partial charge in [0.05, 0.1) is 11.7 Å². The minimum Gasteiger partial charge on any atom is -0.444 e. The highest BCUT2D eigenvalue weighted by Gasteiger charge is 2.53. The Morgan fingerprint density at radius 2 is 2.19 bits per heavy atom. The van der Waals surface area contributed by atoms with Gasteiger partial charge in [-0.25, -0.2) is 9.78 Å². The van der Waals surface area contributed by atoms with Crippen molar-refractivity contribution < 1.29 is 9.53 Å². The van der Waals surface area contributed by atoms with E-state index < -0.39 is 5.60 Å². The second-order valence-corrected chi connectivity index (χ2v) is 9.57. The smallest absolute Gasteiger partial charge is 0.410 e. The topological polar surface area (TPSA) is 55.3 Å². The van der Waals surface area contributed by atoms with Crippen molar-refractivity contribution in [1.29, 1.82) is 0 Å². The van der Waals surface area contributed by atoms with E-state index in [0.29, 0.717) is 11.7 Å². The van der Waals surface area contributed by atoms with E-state index in [4.69, 9.17) is 16.3 Å². The number of amides is 1. The SMILES string of the molecule is CC(C)(C)OC(=O)N1CC/C(=C/c2cc3ncc(Cl)nc3s2)CC12CC2. The number of rotatable bonds is 1. The number of thiophene rings is 1. The van der Waals surface area contributed by atoms with Gasteiger partial charge < -0.3 is 9.64 Å². The van der Waals surface area contributed by atoms with Gasteiger partial charge in [-0.05, 0) is 58.6 Å². The molecule has 1 aliphatic carbocycles. The van der Waals surface area contributed by atoms with Gasteiger partial charge in [-0.1, -0.05) is 17.2 Å². The van der Waals surface area contributed by atoms with E-state index in [1.807, 2.05) is 25.7 Å². The molecule has 2 aliphatic rings. The molecule has 1 spiro atoms. The monoisotopic (exact) mass is 391 g/mol. The van der Waals surface area contributed by atoms with Gasteiger partial charge in [0.1, 0.15) is 21.1 Å². The number of piperidine rings is 1. The summed E-state index contributed by atoms with van der Waals surface area (Å²) in [6.07, 6.45) is 7.52. The number of carbonyl (C=O) groups excluding carboxylic acids is 1. The first-order valence-corrected chi connectivity index (χ1v) is 10.1. The maximum absolute atomic E-state index is 12.5. The van der Waals surface area contributed by atoms with Gasteiger partial charge in [-0.3, -0.25) is 4.98 Å². The summed E-state index contributed by atoms with van der Waals surface area (Å²) in [6, 6.07) is 2.05. The highest BCUT2D eigenvalue weighted by molar-refractivity contribution is 7.19. The summed E-state index contributed by atoms with van der Waals surface area (Å²) in [6.45, 7) is 6.45. The fraction of sp³-hybridized carbons (Fsp3) is 0.526. The van der Waals surface area contributed by atoms with Crippen molar-refractivity contribution in [2.24, 2.45) is 0 Å². The minimum absolute atomic E-state index is 0.0388. The maximum atomic E-state index is 12.5. The molecule has 1 saturated carbocycles. The lowest BCUT2D eigenvalue weighted by Crippen LogP contribution is -2.48. The highest BCUT2D eigenvalue weighted by Crippen LogP contribution is 2.50. The Bertz CT molecular complexity index is 896. The van der Waals surface area contributed by atoms with Crippen LogP contribution in [0.2, 0.25) is 5.15 Å². The predicted molar refractivity (Wildman–Crippen MR) is 105 cm³/mol. The number of hydrogen-bond donors (Lipinski definition) is 0. The quantitative estimate of drug-likeness (QED) is 0.662. The van der Waals surface area contributed by atoms with Crippen molar-refractivity contribution in [1.82, 2.24) is 14.9 Å². The molecule has 0 aromatic carbocycles. The highest BCUT2D eigenvalue weighted by atomic mass is 35.5. The van der Waals surface area contributed by atoms with Crippen LogP contribution in [-0.4, -0.2) is 38.6 Å². The van der Waals surface area contributed by atoms with Crippen molar-refractivity contribution in [2.45, 2.75) is 57.6 Å². The number of ether oxygens (including phenoxy) is 1. The molecular weight excluding hydrogens is 370 g/mol. The van der Waals surface area contributed by atoms with E-state index in [1.165, 1.54) is 5.57 Å². The summed E-state index contributed by atoms with van der Waals surface area (Å²) >= 11 is 7.53. The molecule has 0 radical (unpaired) electrons. The zero-order chi connectivity index (χ0) is 18.5. The van der Waals surface area contributed by atoms with E-state index in [9.17, 15) is 4.79 Å². The maximum Gasteiger partial charge on any atom is 0.410 e. The van der Waals surface area contributed by atoms with Crippen LogP contribution in [0.1, 0.15) is 51.3 Å². The first-order chi connectivity index (χ1) is 12.2. The zero-order valence-electron chi connectivity index (χ0n) is 15.2. The first kappa shape index (κ1) is 17.7. The molecule has 1 amide bonds. The van der Waals surface area contributed by atoms with Crippen LogP contribution < -0.4 is 0 Å². The van der Waals surface area contributed by atoms with Crippen LogP contribution in [0, 0.1) is 0 Å². The largest absolute Gasteiger partial charge is 0.444 e. The van der Waals surface area contributed by atoms with Crippen molar-refractivity contribution >= 4 is 45.5 Å². The molecule has 2 aromatic heterocycles. The van der Waals surface area contributed by atoms with Gasteiger partial charge >= 0.3 is 6.09 Å². The Morgan fingerprint density at radius 3 is 2.88 bits per heavy atom. The molecule has 5 nitrogen and oxygen atoms in total. The van der Waals surface area contributed by atoms with Crippen LogP contribution in [0.4, 0.5) is 4.79 Å². The normalized spacial score (nSPS) is 20.8. The average Bonchev–Trinajstić information content (AvgIpc) is 3.15. The van der Waals surface area contributed by atoms with Crippen LogP contribution in [0.25, 0.3) is 16.4 Å². The molecule has 3 heterocycles. The summed E-state index contributed by atoms with van der Waals surface area (Å²) < 4.78 is 5.60. The zero-order valence-corrected chi connectivity index (χ0v) is 16.8. The standard InChI is InChI=1S/C19H22ClN3O2S/c1-18(2,3)25-17(24)23-7-4-12(10-19(23)5-6-19)8-13-9-14-16(26-13)22-15(20)11-21-14/h8-9,11H,4-7,10H2,1-3H3/b12-8-. The second-order valence-electron chi connectivity index (χ2n) is 8.12. The molecule has 2 fully saturated rings. The summed E-state index contributed by atoms with van der Waals surface area (Å²) in [7, 11) is 0. The molecule has 1 saturated heterocycles. The van der Waals surface area contributed by atoms with Gasteiger partial charge in [-0.15, -0.1) is 11.3 Å². The van der Waals surface area contributed by atoms with E-state index in [-0.39, 0.29) is 11.6 Å². The summed E-state index contributed by atoms with van der Waals surface area (Å²) in [5.41, 5.74) is 1.75. The number of hydrogen-bond acceptors (Lipinski definition) is 5. The van der Waals surface area contributed by atoms with Gasteiger partial charge in [0.15, 0.2) is 0 Å². The lowest BCUT2D eigenvalue weighted by atomic mass is 9.94. The van der Waals surface area contributed by atoms with Gasteiger partial charge in [-0.2, -0.15) is 0 Å². The predicted octanol–water partition coefficient (Wildman–Crippen LogP) is 5.29. The molecule has 4 rings (SSSR count). The first-order valence-electron chi connectivity index (χ1n) is 8.86. The Labute approximate surface area is 162 Å². The molecule has 2 aromatic rings. The third-order valence-corrected chi connectivity index (χ3v) is 5.95. The Morgan fingerprint density at radius 1 is 1.42 bits per heavy atom. The lowest BCUT2D eigenvalue weighted by molar-refractivity contribution is 0.00984. The van der Waals surface area contributed by atoms with E-state index in [2.05, 4.69) is 22.1 Å². The van der Waals surface area contributed by atoms with Crippen molar-refractivity contribution in [3.05, 3.63) is 27.9 Å². The van der Waals surface area contributed by atoms with E-state index >= 15 is 0 Å². The number of carbonyl (C=O) groups is 1. The fourth-order valence-corrected chi connectivity index (χ4v) is 4.66. The summed E-state index contributed by atoms with van der Waals surface area (Å²) in [5, 5.41) is 0.418. The fourth-order valence-electron chi connectivity index (χ4n) is 3.50. The lowest BCUT2D eigenvalue weighted by Gasteiger charge is -2.38. The molecule has 7 heteroatoms. The van der Waals surface area contributed by atoms with E-state index in [1.54, 1.807) is 17.5 Å². The summed E-state index contributed by atoms with van der Waals surface area (Å²) in [5.74, 6) is 0. The molecule has 0 N–H and O–H groups in total. The third-order valence-electron chi connectivity index (χ3n) is 4.80. The Kier molecular flexibility index (Phi) is 4.23. The number of halogens is 1. The Hall–Kier alpha value is -1.66. The number of aromatic nitrogens is 2. The van der Waals surface area contributed by atoms with Crippen molar-refractivity contribution in [2.75, 3.05) is 6.54 Å². The molecule has 26 heavy (non-hydrogen) atoms. The van der Waals surface area contributed by atoms with Crippen molar-refractivity contribution in [3.8, 4) is 0 Å². The minimum atomic E-state index is -0.457. The van der Waals surface area contributed by atoms with E-state index in [0.717, 1.165) is 40.9 Å². The third kappa shape index (κ3) is 3.58. The van der Waals surface area contributed by atoms with Crippen LogP contribution >= 0.6 is 22.9 Å². The number of likely N-dealkylation sites (tertiary alicyclic amines) is 1. The van der Waals surface area contributed by atoms with Gasteiger partial charge in [0, 0.05) is 11.4 Å². The van der Waals surface area contributed by atoms with Crippen molar-refractivity contribution in [3.63, 3.8) is 0 Å². The van der Waals surface area contributed by atoms with Crippen LogP contribution in [-0.2, 0) is 4.74 Å². The van der Waals surface area contributed by atoms with Crippen LogP contribution in [0.15, 0.2) is 17.8 Å². The molecule has 1 aliphatic heterocycles. The molecule has 138 valence electrons. The molecular formula is C19H22ClN3O2S. The second kappa shape index (κ2) is 6.20. The van der Waals surface area contributed by atoms with Crippen LogP contribution in [0.5, 0.6) is 0 Å². The van der Waals surface area contributed by atoms with Gasteiger partial charge in [0.25, 0.3) is 0 Å². The number of fused-ring (bicyclic) bond motifs is 1. The van der Waals surface area contributed by atoms with Gasteiger partial charge in [0.2, 0.25) is 0 Å². The molecule has 0 bridgehead atoms. The molecule has 0 atom stereocenters. The molecule has 0 unspecified atom stereocenters. The van der Waals surface area contributed by atoms with Crippen LogP contribution in [0.3, 0.4) is 0 Å². The Balaban J connectivity index is 1.52. The number of nitrogens with zero attached hydrogens (tertiary/aromatic N) is 3. The summed E-state index contributed by atoms with van der Waals surface area (Å²) in [4.78, 5) is 25.1.